The van der Waals surface area contributed by atoms with Crippen LogP contribution in [0.5, 0.6) is 0 Å². The quantitative estimate of drug-likeness (QED) is 0.702. The van der Waals surface area contributed by atoms with Crippen molar-refractivity contribution in [1.82, 2.24) is 4.90 Å². The molecule has 2 nitrogen and oxygen atoms in total. The summed E-state index contributed by atoms with van der Waals surface area (Å²) in [5, 5.41) is 0. The number of thiophene rings is 1. The van der Waals surface area contributed by atoms with Gasteiger partial charge in [0, 0.05) is 23.4 Å². The number of ketones is 1. The lowest BCUT2D eigenvalue weighted by Crippen LogP contribution is -2.19. The van der Waals surface area contributed by atoms with E-state index in [1.54, 1.807) is 11.3 Å². The van der Waals surface area contributed by atoms with E-state index in [0.29, 0.717) is 6.42 Å². The van der Waals surface area contributed by atoms with Crippen LogP contribution in [0.1, 0.15) is 28.1 Å². The fraction of sp³-hybridized carbons (Fsp3) is 0.312. The summed E-state index contributed by atoms with van der Waals surface area (Å²) in [5.41, 5.74) is 0.806. The molecule has 0 saturated carbocycles. The molecule has 20 heavy (non-hydrogen) atoms. The van der Waals surface area contributed by atoms with Gasteiger partial charge in [0.2, 0.25) is 0 Å². The number of rotatable bonds is 7. The van der Waals surface area contributed by atoms with Crippen LogP contribution in [0, 0.1) is 0 Å². The SMILES string of the molecule is CN(CCCC(=O)c1ccccc1)Cc1ccc(Cl)s1. The van der Waals surface area contributed by atoms with Crippen LogP contribution in [0.4, 0.5) is 0 Å². The Hall–Kier alpha value is -1.16. The van der Waals surface area contributed by atoms with Crippen LogP contribution in [0.2, 0.25) is 4.34 Å². The Kier molecular flexibility index (Phi) is 5.77. The fourth-order valence-corrected chi connectivity index (χ4v) is 3.23. The number of hydrogen-bond donors (Lipinski definition) is 0. The average molecular weight is 308 g/mol. The lowest BCUT2D eigenvalue weighted by Gasteiger charge is -2.15. The maximum atomic E-state index is 12.0. The van der Waals surface area contributed by atoms with Gasteiger partial charge in [-0.05, 0) is 32.1 Å². The summed E-state index contributed by atoms with van der Waals surface area (Å²) in [6, 6.07) is 13.5. The second-order valence-corrected chi connectivity index (χ2v) is 6.64. The molecule has 0 spiro atoms. The molecule has 2 aromatic rings. The zero-order valence-electron chi connectivity index (χ0n) is 11.5. The van der Waals surface area contributed by atoms with E-state index in [1.165, 1.54) is 4.88 Å². The number of hydrogen-bond acceptors (Lipinski definition) is 3. The van der Waals surface area contributed by atoms with Gasteiger partial charge in [0.05, 0.1) is 4.34 Å². The Morgan fingerprint density at radius 2 is 1.95 bits per heavy atom. The molecule has 0 aliphatic heterocycles. The summed E-state index contributed by atoms with van der Waals surface area (Å²) in [7, 11) is 2.07. The first kappa shape index (κ1) is 15.2. The molecular formula is C16H18ClNOS. The van der Waals surface area contributed by atoms with Gasteiger partial charge in [0.15, 0.2) is 5.78 Å². The van der Waals surface area contributed by atoms with Crippen molar-refractivity contribution >= 4 is 28.7 Å². The van der Waals surface area contributed by atoms with Crippen LogP contribution in [0.15, 0.2) is 42.5 Å². The summed E-state index contributed by atoms with van der Waals surface area (Å²) in [6.07, 6.45) is 1.48. The van der Waals surface area contributed by atoms with Crippen LogP contribution in [-0.4, -0.2) is 24.3 Å². The third-order valence-corrected chi connectivity index (χ3v) is 4.31. The Morgan fingerprint density at radius 1 is 1.20 bits per heavy atom. The molecule has 0 aliphatic carbocycles. The molecular weight excluding hydrogens is 290 g/mol. The topological polar surface area (TPSA) is 20.3 Å². The Morgan fingerprint density at radius 3 is 2.60 bits per heavy atom. The molecule has 1 heterocycles. The number of benzene rings is 1. The molecule has 0 atom stereocenters. The third kappa shape index (κ3) is 4.75. The zero-order valence-corrected chi connectivity index (χ0v) is 13.1. The van der Waals surface area contributed by atoms with Crippen molar-refractivity contribution < 1.29 is 4.79 Å². The van der Waals surface area contributed by atoms with Crippen molar-refractivity contribution in [2.75, 3.05) is 13.6 Å². The van der Waals surface area contributed by atoms with Gasteiger partial charge in [-0.2, -0.15) is 0 Å². The van der Waals surface area contributed by atoms with Gasteiger partial charge >= 0.3 is 0 Å². The number of Topliss-reactive ketones (excluding diaryl/α,β-unsaturated/α-hetero) is 1. The molecule has 0 N–H and O–H groups in total. The molecule has 0 aliphatic rings. The molecule has 0 saturated heterocycles. The lowest BCUT2D eigenvalue weighted by molar-refractivity contribution is 0.0976. The minimum absolute atomic E-state index is 0.221. The Bertz CT molecular complexity index is 553. The first-order chi connectivity index (χ1) is 9.65. The van der Waals surface area contributed by atoms with Crippen LogP contribution >= 0.6 is 22.9 Å². The highest BCUT2D eigenvalue weighted by Crippen LogP contribution is 2.22. The second kappa shape index (κ2) is 7.58. The summed E-state index contributed by atoms with van der Waals surface area (Å²) in [4.78, 5) is 15.4. The monoisotopic (exact) mass is 307 g/mol. The van der Waals surface area contributed by atoms with Crippen molar-refractivity contribution in [1.29, 1.82) is 0 Å². The molecule has 0 bridgehead atoms. The normalized spacial score (nSPS) is 10.9. The largest absolute Gasteiger partial charge is 0.301 e. The second-order valence-electron chi connectivity index (χ2n) is 4.84. The van der Waals surface area contributed by atoms with E-state index in [-0.39, 0.29) is 5.78 Å². The summed E-state index contributed by atoms with van der Waals surface area (Å²) in [5.74, 6) is 0.221. The van der Waals surface area contributed by atoms with Gasteiger partial charge in [0.1, 0.15) is 0 Å². The molecule has 1 aromatic carbocycles. The molecule has 4 heteroatoms. The molecule has 2 rings (SSSR count). The van der Waals surface area contributed by atoms with E-state index in [0.717, 1.165) is 29.4 Å². The predicted molar refractivity (Wildman–Crippen MR) is 85.7 cm³/mol. The first-order valence-corrected chi connectivity index (χ1v) is 7.85. The van der Waals surface area contributed by atoms with Gasteiger partial charge < -0.3 is 4.90 Å². The standard InChI is InChI=1S/C16H18ClNOS/c1-18(12-14-9-10-16(17)20-14)11-5-8-15(19)13-6-3-2-4-7-13/h2-4,6-7,9-10H,5,8,11-12H2,1H3. The van der Waals surface area contributed by atoms with E-state index < -0.39 is 0 Å². The third-order valence-electron chi connectivity index (χ3n) is 3.09. The summed E-state index contributed by atoms with van der Waals surface area (Å²) >= 11 is 7.52. The number of halogens is 1. The van der Waals surface area contributed by atoms with Crippen molar-refractivity contribution in [3.8, 4) is 0 Å². The Balaban J connectivity index is 1.71. The molecule has 106 valence electrons. The van der Waals surface area contributed by atoms with E-state index >= 15 is 0 Å². The maximum Gasteiger partial charge on any atom is 0.162 e. The zero-order chi connectivity index (χ0) is 14.4. The Labute approximate surface area is 129 Å². The number of carbonyl (C=O) groups is 1. The number of carbonyl (C=O) groups excluding carboxylic acids is 1. The first-order valence-electron chi connectivity index (χ1n) is 6.66. The van der Waals surface area contributed by atoms with Gasteiger partial charge in [-0.1, -0.05) is 41.9 Å². The highest BCUT2D eigenvalue weighted by atomic mass is 35.5. The minimum atomic E-state index is 0.221. The van der Waals surface area contributed by atoms with Gasteiger partial charge in [-0.15, -0.1) is 11.3 Å². The average Bonchev–Trinajstić information content (AvgIpc) is 2.85. The van der Waals surface area contributed by atoms with E-state index in [1.807, 2.05) is 36.4 Å². The fourth-order valence-electron chi connectivity index (χ4n) is 2.06. The number of nitrogens with zero attached hydrogens (tertiary/aromatic N) is 1. The van der Waals surface area contributed by atoms with Gasteiger partial charge in [-0.25, -0.2) is 0 Å². The molecule has 0 radical (unpaired) electrons. The smallest absolute Gasteiger partial charge is 0.162 e. The molecule has 0 amide bonds. The molecule has 0 fully saturated rings. The van der Waals surface area contributed by atoms with Crippen LogP contribution < -0.4 is 0 Å². The van der Waals surface area contributed by atoms with Crippen molar-refractivity contribution in [2.24, 2.45) is 0 Å². The maximum absolute atomic E-state index is 12.0. The van der Waals surface area contributed by atoms with Crippen molar-refractivity contribution in [3.63, 3.8) is 0 Å². The minimum Gasteiger partial charge on any atom is -0.301 e. The van der Waals surface area contributed by atoms with Crippen molar-refractivity contribution in [3.05, 3.63) is 57.2 Å². The van der Waals surface area contributed by atoms with Crippen LogP contribution in [-0.2, 0) is 6.54 Å². The van der Waals surface area contributed by atoms with E-state index in [4.69, 9.17) is 11.6 Å². The highest BCUT2D eigenvalue weighted by Gasteiger charge is 2.07. The van der Waals surface area contributed by atoms with Crippen LogP contribution in [0.25, 0.3) is 0 Å². The summed E-state index contributed by atoms with van der Waals surface area (Å²) in [6.45, 7) is 1.80. The highest BCUT2D eigenvalue weighted by molar-refractivity contribution is 7.16. The van der Waals surface area contributed by atoms with Crippen LogP contribution in [0.3, 0.4) is 0 Å². The van der Waals surface area contributed by atoms with Crippen molar-refractivity contribution in [2.45, 2.75) is 19.4 Å². The van der Waals surface area contributed by atoms with E-state index in [9.17, 15) is 4.79 Å². The van der Waals surface area contributed by atoms with E-state index in [2.05, 4.69) is 18.0 Å². The predicted octanol–water partition coefficient (Wildman–Crippen LogP) is 4.50. The molecule has 1 aromatic heterocycles. The van der Waals surface area contributed by atoms with Gasteiger partial charge in [-0.3, -0.25) is 4.79 Å². The lowest BCUT2D eigenvalue weighted by atomic mass is 10.1. The summed E-state index contributed by atoms with van der Waals surface area (Å²) < 4.78 is 0.827. The molecule has 0 unspecified atom stereocenters. The van der Waals surface area contributed by atoms with Gasteiger partial charge in [0.25, 0.3) is 0 Å².